The fourth-order valence-electron chi connectivity index (χ4n) is 1.85. The molecule has 0 atom stereocenters. The van der Waals surface area contributed by atoms with Gasteiger partial charge in [0, 0.05) is 6.42 Å². The van der Waals surface area contributed by atoms with E-state index in [2.05, 4.69) is 10.5 Å². The Morgan fingerprint density at radius 3 is 2.84 bits per heavy atom. The maximum absolute atomic E-state index is 11.6. The second-order valence-electron chi connectivity index (χ2n) is 4.45. The van der Waals surface area contributed by atoms with E-state index in [1.165, 1.54) is 0 Å². The van der Waals surface area contributed by atoms with Crippen LogP contribution in [0.5, 0.6) is 0 Å². The third kappa shape index (κ3) is 4.25. The molecule has 1 aliphatic carbocycles. The molecular weight excluding hydrogens is 240 g/mol. The summed E-state index contributed by atoms with van der Waals surface area (Å²) in [5.74, 6) is 0.682. The molecule has 19 heavy (non-hydrogen) atoms. The first-order valence-corrected chi connectivity index (χ1v) is 6.46. The van der Waals surface area contributed by atoms with E-state index in [9.17, 15) is 4.79 Å². The quantitative estimate of drug-likeness (QED) is 0.652. The lowest BCUT2D eigenvalue weighted by Gasteiger charge is -2.06. The number of rotatable bonds is 5. The highest BCUT2D eigenvalue weighted by Crippen LogP contribution is 2.17. The van der Waals surface area contributed by atoms with E-state index in [4.69, 9.17) is 4.74 Å². The molecule has 1 aliphatic rings. The molecule has 0 spiro atoms. The Bertz CT molecular complexity index is 492. The molecule has 0 unspecified atom stereocenters. The number of amides is 1. The van der Waals surface area contributed by atoms with Gasteiger partial charge in [0.2, 0.25) is 0 Å². The highest BCUT2D eigenvalue weighted by atomic mass is 16.5. The zero-order valence-electron chi connectivity index (χ0n) is 11.1. The minimum Gasteiger partial charge on any atom is -0.488 e. The number of hydrogen-bond donors (Lipinski definition) is 1. The van der Waals surface area contributed by atoms with Crippen LogP contribution in [0.15, 0.2) is 47.3 Å². The molecule has 0 radical (unpaired) electrons. The molecule has 4 nitrogen and oxygen atoms in total. The van der Waals surface area contributed by atoms with Gasteiger partial charge >= 0.3 is 0 Å². The van der Waals surface area contributed by atoms with Crippen LogP contribution in [0.4, 0.5) is 0 Å². The van der Waals surface area contributed by atoms with Crippen LogP contribution >= 0.6 is 0 Å². The molecule has 0 heterocycles. The van der Waals surface area contributed by atoms with E-state index >= 15 is 0 Å². The van der Waals surface area contributed by atoms with E-state index in [0.29, 0.717) is 0 Å². The van der Waals surface area contributed by atoms with Crippen LogP contribution in [0, 0.1) is 0 Å². The summed E-state index contributed by atoms with van der Waals surface area (Å²) >= 11 is 0. The van der Waals surface area contributed by atoms with Crippen molar-refractivity contribution in [2.75, 3.05) is 6.61 Å². The highest BCUT2D eigenvalue weighted by Gasteiger charge is 2.08. The van der Waals surface area contributed by atoms with Crippen LogP contribution in [0.25, 0.3) is 0 Å². The normalized spacial score (nSPS) is 15.0. The van der Waals surface area contributed by atoms with Gasteiger partial charge in [-0.3, -0.25) is 4.79 Å². The second-order valence-corrected chi connectivity index (χ2v) is 4.45. The zero-order chi connectivity index (χ0) is 13.5. The van der Waals surface area contributed by atoms with Crippen molar-refractivity contribution in [3.05, 3.63) is 47.7 Å². The predicted molar refractivity (Wildman–Crippen MR) is 74.7 cm³/mol. The summed E-state index contributed by atoms with van der Waals surface area (Å²) in [4.78, 5) is 11.6. The van der Waals surface area contributed by atoms with E-state index < -0.39 is 0 Å². The minimum absolute atomic E-state index is 0.0252. The van der Waals surface area contributed by atoms with Crippen LogP contribution in [0.2, 0.25) is 0 Å². The summed E-state index contributed by atoms with van der Waals surface area (Å²) < 4.78 is 5.38. The molecular formula is C15H18N2O2. The number of hydrazone groups is 1. The Morgan fingerprint density at radius 1 is 1.37 bits per heavy atom. The van der Waals surface area contributed by atoms with Crippen molar-refractivity contribution in [1.82, 2.24) is 5.43 Å². The molecule has 1 aromatic carbocycles. The molecule has 2 rings (SSSR count). The lowest BCUT2D eigenvalue weighted by atomic mass is 10.1. The molecule has 1 amide bonds. The fourth-order valence-corrected chi connectivity index (χ4v) is 1.85. The topological polar surface area (TPSA) is 50.7 Å². The Kier molecular flexibility index (Phi) is 4.72. The molecule has 100 valence electrons. The minimum atomic E-state index is -0.233. The monoisotopic (exact) mass is 258 g/mol. The molecule has 1 aromatic rings. The van der Waals surface area contributed by atoms with E-state index in [1.807, 2.05) is 43.3 Å². The van der Waals surface area contributed by atoms with E-state index in [0.717, 1.165) is 36.3 Å². The van der Waals surface area contributed by atoms with Crippen LogP contribution in [-0.2, 0) is 9.53 Å². The van der Waals surface area contributed by atoms with Crippen molar-refractivity contribution < 1.29 is 9.53 Å². The Balaban J connectivity index is 1.79. The maximum Gasteiger partial charge on any atom is 0.277 e. The number of hydrogen-bond acceptors (Lipinski definition) is 3. The third-order valence-electron chi connectivity index (χ3n) is 2.93. The van der Waals surface area contributed by atoms with Crippen LogP contribution in [-0.4, -0.2) is 18.2 Å². The Morgan fingerprint density at radius 2 is 2.16 bits per heavy atom. The van der Waals surface area contributed by atoms with Gasteiger partial charge in [-0.1, -0.05) is 30.3 Å². The summed E-state index contributed by atoms with van der Waals surface area (Å²) in [6.45, 7) is 1.88. The van der Waals surface area contributed by atoms with Gasteiger partial charge in [-0.2, -0.15) is 5.10 Å². The Hall–Kier alpha value is -2.10. The number of nitrogens with one attached hydrogen (secondary N) is 1. The average Bonchev–Trinajstić information content (AvgIpc) is 2.96. The number of allylic oxidation sites excluding steroid dienone is 2. The smallest absolute Gasteiger partial charge is 0.277 e. The van der Waals surface area contributed by atoms with E-state index in [1.54, 1.807) is 0 Å². The predicted octanol–water partition coefficient (Wildman–Crippen LogP) is 2.61. The first kappa shape index (κ1) is 13.3. The first-order valence-electron chi connectivity index (χ1n) is 6.46. The molecule has 0 bridgehead atoms. The van der Waals surface area contributed by atoms with E-state index in [-0.39, 0.29) is 12.5 Å². The third-order valence-corrected chi connectivity index (χ3v) is 2.93. The molecule has 0 saturated carbocycles. The number of carbonyl (C=O) groups is 1. The zero-order valence-corrected chi connectivity index (χ0v) is 11.1. The van der Waals surface area contributed by atoms with Crippen LogP contribution < -0.4 is 5.43 Å². The molecule has 4 heteroatoms. The van der Waals surface area contributed by atoms with Gasteiger partial charge in [-0.05, 0) is 31.4 Å². The standard InChI is InChI=1S/C15H18N2O2/c1-12(13-7-3-2-4-8-13)16-17-15(18)11-19-14-9-5-6-10-14/h2-4,7-9H,5-6,10-11H2,1H3,(H,17,18)/b16-12+. The van der Waals surface area contributed by atoms with Gasteiger partial charge in [-0.15, -0.1) is 0 Å². The average molecular weight is 258 g/mol. The number of benzene rings is 1. The fraction of sp³-hybridized carbons (Fsp3) is 0.333. The van der Waals surface area contributed by atoms with Gasteiger partial charge in [0.25, 0.3) is 5.91 Å². The first-order chi connectivity index (χ1) is 9.25. The lowest BCUT2D eigenvalue weighted by molar-refractivity contribution is -0.124. The van der Waals surface area contributed by atoms with Gasteiger partial charge in [-0.25, -0.2) is 5.43 Å². The largest absolute Gasteiger partial charge is 0.488 e. The molecule has 1 N–H and O–H groups in total. The highest BCUT2D eigenvalue weighted by molar-refractivity contribution is 5.99. The SMILES string of the molecule is C/C(=N\NC(=O)COC1=CCCC1)c1ccccc1. The summed E-state index contributed by atoms with van der Waals surface area (Å²) in [5.41, 5.74) is 4.26. The van der Waals surface area contributed by atoms with Crippen LogP contribution in [0.3, 0.4) is 0 Å². The Labute approximate surface area is 113 Å². The lowest BCUT2D eigenvalue weighted by Crippen LogP contribution is -2.24. The summed E-state index contributed by atoms with van der Waals surface area (Å²) in [6, 6.07) is 9.71. The van der Waals surface area contributed by atoms with Gasteiger partial charge < -0.3 is 4.74 Å². The van der Waals surface area contributed by atoms with Crippen molar-refractivity contribution in [3.8, 4) is 0 Å². The molecule has 0 fully saturated rings. The van der Waals surface area contributed by atoms with Crippen molar-refractivity contribution in [2.24, 2.45) is 5.10 Å². The van der Waals surface area contributed by atoms with Gasteiger partial charge in [0.1, 0.15) is 0 Å². The number of carbonyl (C=O) groups excluding carboxylic acids is 1. The van der Waals surface area contributed by atoms with Gasteiger partial charge in [0.05, 0.1) is 11.5 Å². The van der Waals surface area contributed by atoms with Crippen LogP contribution in [0.1, 0.15) is 31.7 Å². The summed E-state index contributed by atoms with van der Waals surface area (Å²) in [7, 11) is 0. The molecule has 0 aromatic heterocycles. The summed E-state index contributed by atoms with van der Waals surface area (Å²) in [5, 5.41) is 4.06. The van der Waals surface area contributed by atoms with Crippen molar-refractivity contribution in [2.45, 2.75) is 26.2 Å². The maximum atomic E-state index is 11.6. The van der Waals surface area contributed by atoms with Crippen molar-refractivity contribution in [3.63, 3.8) is 0 Å². The van der Waals surface area contributed by atoms with Gasteiger partial charge in [0.15, 0.2) is 6.61 Å². The molecule has 0 aliphatic heterocycles. The second kappa shape index (κ2) is 6.73. The van der Waals surface area contributed by atoms with Crippen molar-refractivity contribution >= 4 is 11.6 Å². The summed E-state index contributed by atoms with van der Waals surface area (Å²) in [6.07, 6.45) is 5.12. The number of ether oxygens (including phenoxy) is 1. The number of nitrogens with zero attached hydrogens (tertiary/aromatic N) is 1. The van der Waals surface area contributed by atoms with Crippen molar-refractivity contribution in [1.29, 1.82) is 0 Å². The molecule has 0 saturated heterocycles.